The summed E-state index contributed by atoms with van der Waals surface area (Å²) >= 11 is 6.01. The molecule has 0 fully saturated rings. The molecule has 0 heterocycles. The molecular weight excluding hydrogens is 440 g/mol. The Hall–Kier alpha value is -3.23. The maximum atomic E-state index is 12.6. The fourth-order valence-electron chi connectivity index (χ4n) is 2.64. The van der Waals surface area contributed by atoms with Gasteiger partial charge in [0.15, 0.2) is 6.10 Å². The van der Waals surface area contributed by atoms with Crippen molar-refractivity contribution in [1.29, 1.82) is 0 Å². The minimum atomic E-state index is -3.83. The van der Waals surface area contributed by atoms with E-state index in [1.807, 2.05) is 0 Å². The first-order valence-corrected chi connectivity index (χ1v) is 11.1. The quantitative estimate of drug-likeness (QED) is 0.514. The van der Waals surface area contributed by atoms with Gasteiger partial charge in [-0.15, -0.1) is 0 Å². The Morgan fingerprint density at radius 1 is 0.968 bits per heavy atom. The van der Waals surface area contributed by atoms with Crippen LogP contribution in [0.3, 0.4) is 0 Å². The Morgan fingerprint density at radius 3 is 2.32 bits per heavy atom. The van der Waals surface area contributed by atoms with Gasteiger partial charge in [-0.2, -0.15) is 0 Å². The summed E-state index contributed by atoms with van der Waals surface area (Å²) < 4.78 is 38.3. The summed E-state index contributed by atoms with van der Waals surface area (Å²) in [6.45, 7) is 1.61. The summed E-state index contributed by atoms with van der Waals surface area (Å²) in [5.41, 5.74) is 0.716. The lowest BCUT2D eigenvalue weighted by atomic mass is 10.3. The van der Waals surface area contributed by atoms with E-state index in [1.54, 1.807) is 62.6 Å². The van der Waals surface area contributed by atoms with Gasteiger partial charge in [0.1, 0.15) is 11.5 Å². The van der Waals surface area contributed by atoms with Crippen LogP contribution in [0.15, 0.2) is 77.7 Å². The van der Waals surface area contributed by atoms with Crippen molar-refractivity contribution in [2.45, 2.75) is 17.9 Å². The highest BCUT2D eigenvalue weighted by molar-refractivity contribution is 7.92. The number of ether oxygens (including phenoxy) is 2. The lowest BCUT2D eigenvalue weighted by Gasteiger charge is -2.15. The van der Waals surface area contributed by atoms with Crippen LogP contribution in [0, 0.1) is 0 Å². The number of benzene rings is 3. The van der Waals surface area contributed by atoms with E-state index in [-0.39, 0.29) is 16.5 Å². The molecule has 162 valence electrons. The molecule has 1 atom stereocenters. The van der Waals surface area contributed by atoms with Crippen molar-refractivity contribution in [2.24, 2.45) is 0 Å². The average molecular weight is 461 g/mol. The third-order valence-electron chi connectivity index (χ3n) is 4.27. The van der Waals surface area contributed by atoms with Crippen molar-refractivity contribution >= 4 is 38.9 Å². The molecular formula is C22H21ClN2O5S. The van der Waals surface area contributed by atoms with Crippen LogP contribution in [0.1, 0.15) is 6.92 Å². The smallest absolute Gasteiger partial charge is 0.265 e. The highest BCUT2D eigenvalue weighted by Crippen LogP contribution is 2.25. The SMILES string of the molecule is COc1cccc(O[C@H](C)C(=O)Nc2ccc(S(=O)(=O)Nc3ccccc3Cl)cc2)c1. The van der Waals surface area contributed by atoms with E-state index in [9.17, 15) is 13.2 Å². The summed E-state index contributed by atoms with van der Waals surface area (Å²) in [5.74, 6) is 0.731. The first-order valence-electron chi connectivity index (χ1n) is 9.27. The van der Waals surface area contributed by atoms with Gasteiger partial charge >= 0.3 is 0 Å². The number of rotatable bonds is 8. The second kappa shape index (κ2) is 9.72. The van der Waals surface area contributed by atoms with Crippen LogP contribution in [0.2, 0.25) is 5.02 Å². The van der Waals surface area contributed by atoms with E-state index < -0.39 is 16.1 Å². The highest BCUT2D eigenvalue weighted by atomic mass is 35.5. The van der Waals surface area contributed by atoms with Gasteiger partial charge in [-0.1, -0.05) is 29.8 Å². The maximum absolute atomic E-state index is 12.6. The third kappa shape index (κ3) is 5.90. The summed E-state index contributed by atoms with van der Waals surface area (Å²) in [6, 6.07) is 19.2. The lowest BCUT2D eigenvalue weighted by Crippen LogP contribution is -2.30. The molecule has 3 aromatic rings. The standard InChI is InChI=1S/C22H21ClN2O5S/c1-15(30-18-7-5-6-17(14-18)29-2)22(26)24-16-10-12-19(13-11-16)31(27,28)25-21-9-4-3-8-20(21)23/h3-15,25H,1-2H3,(H,24,26)/t15-/m1/s1. The number of carbonyl (C=O) groups excluding carboxylic acids is 1. The van der Waals surface area contributed by atoms with E-state index in [0.717, 1.165) is 0 Å². The zero-order valence-corrected chi connectivity index (χ0v) is 18.4. The molecule has 0 spiro atoms. The number of nitrogens with one attached hydrogen (secondary N) is 2. The largest absolute Gasteiger partial charge is 0.497 e. The molecule has 3 rings (SSSR count). The molecule has 0 saturated carbocycles. The van der Waals surface area contributed by atoms with Gasteiger partial charge in [0.2, 0.25) is 0 Å². The number of hydrogen-bond donors (Lipinski definition) is 2. The van der Waals surface area contributed by atoms with Crippen molar-refractivity contribution in [2.75, 3.05) is 17.1 Å². The molecule has 9 heteroatoms. The lowest BCUT2D eigenvalue weighted by molar-refractivity contribution is -0.122. The van der Waals surface area contributed by atoms with E-state index >= 15 is 0 Å². The van der Waals surface area contributed by atoms with Crippen molar-refractivity contribution in [3.05, 3.63) is 77.8 Å². The summed E-state index contributed by atoms with van der Waals surface area (Å²) in [4.78, 5) is 12.5. The number of methoxy groups -OCH3 is 1. The zero-order valence-electron chi connectivity index (χ0n) is 16.8. The van der Waals surface area contributed by atoms with E-state index in [4.69, 9.17) is 21.1 Å². The fraction of sp³-hybridized carbons (Fsp3) is 0.136. The predicted molar refractivity (Wildman–Crippen MR) is 120 cm³/mol. The van der Waals surface area contributed by atoms with Gasteiger partial charge in [-0.25, -0.2) is 8.42 Å². The van der Waals surface area contributed by atoms with Crippen LogP contribution in [-0.4, -0.2) is 27.5 Å². The Balaban J connectivity index is 1.64. The molecule has 0 aliphatic heterocycles. The van der Waals surface area contributed by atoms with E-state index in [0.29, 0.717) is 22.2 Å². The zero-order chi connectivity index (χ0) is 22.4. The number of para-hydroxylation sites is 1. The Kier molecular flexibility index (Phi) is 7.04. The van der Waals surface area contributed by atoms with Crippen molar-refractivity contribution in [3.8, 4) is 11.5 Å². The first kappa shape index (κ1) is 22.5. The van der Waals surface area contributed by atoms with Crippen LogP contribution in [0.5, 0.6) is 11.5 Å². The fourth-order valence-corrected chi connectivity index (χ4v) is 3.96. The number of amides is 1. The van der Waals surface area contributed by atoms with Crippen LogP contribution < -0.4 is 19.5 Å². The monoisotopic (exact) mass is 460 g/mol. The topological polar surface area (TPSA) is 93.7 Å². The average Bonchev–Trinajstić information content (AvgIpc) is 2.75. The van der Waals surface area contributed by atoms with E-state index in [1.165, 1.54) is 24.3 Å². The molecule has 0 saturated heterocycles. The molecule has 0 aromatic heterocycles. The molecule has 0 aliphatic rings. The van der Waals surface area contributed by atoms with Crippen molar-refractivity contribution in [1.82, 2.24) is 0 Å². The second-order valence-electron chi connectivity index (χ2n) is 6.54. The summed E-state index contributed by atoms with van der Waals surface area (Å²) in [5, 5.41) is 2.99. The molecule has 0 aliphatic carbocycles. The molecule has 0 radical (unpaired) electrons. The minimum absolute atomic E-state index is 0.0334. The predicted octanol–water partition coefficient (Wildman–Crippen LogP) is 4.56. The van der Waals surface area contributed by atoms with Crippen molar-refractivity contribution in [3.63, 3.8) is 0 Å². The number of halogens is 1. The molecule has 7 nitrogen and oxygen atoms in total. The van der Waals surface area contributed by atoms with Crippen LogP contribution in [0.4, 0.5) is 11.4 Å². The van der Waals surface area contributed by atoms with Crippen LogP contribution in [-0.2, 0) is 14.8 Å². The number of carbonyl (C=O) groups is 1. The van der Waals surface area contributed by atoms with Gasteiger partial charge in [0.25, 0.3) is 15.9 Å². The Labute approximate surface area is 186 Å². The molecule has 31 heavy (non-hydrogen) atoms. The number of sulfonamides is 1. The van der Waals surface area contributed by atoms with Crippen molar-refractivity contribution < 1.29 is 22.7 Å². The molecule has 2 N–H and O–H groups in total. The molecule has 0 unspecified atom stereocenters. The molecule has 1 amide bonds. The second-order valence-corrected chi connectivity index (χ2v) is 8.63. The number of hydrogen-bond acceptors (Lipinski definition) is 5. The normalized spacial score (nSPS) is 12.0. The maximum Gasteiger partial charge on any atom is 0.265 e. The van der Waals surface area contributed by atoms with Gasteiger partial charge in [0, 0.05) is 11.8 Å². The minimum Gasteiger partial charge on any atom is -0.497 e. The first-order chi connectivity index (χ1) is 14.8. The van der Waals surface area contributed by atoms with Gasteiger partial charge in [-0.05, 0) is 55.5 Å². The summed E-state index contributed by atoms with van der Waals surface area (Å²) in [7, 11) is -2.28. The Morgan fingerprint density at radius 2 is 1.65 bits per heavy atom. The van der Waals surface area contributed by atoms with Gasteiger partial charge in [-0.3, -0.25) is 9.52 Å². The number of anilines is 2. The van der Waals surface area contributed by atoms with E-state index in [2.05, 4.69) is 10.0 Å². The molecule has 3 aromatic carbocycles. The third-order valence-corrected chi connectivity index (χ3v) is 5.98. The van der Waals surface area contributed by atoms with Crippen LogP contribution in [0.25, 0.3) is 0 Å². The molecule has 0 bridgehead atoms. The van der Waals surface area contributed by atoms with Gasteiger partial charge < -0.3 is 14.8 Å². The summed E-state index contributed by atoms with van der Waals surface area (Å²) in [6.07, 6.45) is -0.780. The van der Waals surface area contributed by atoms with Gasteiger partial charge in [0.05, 0.1) is 22.7 Å². The highest BCUT2D eigenvalue weighted by Gasteiger charge is 2.18. The van der Waals surface area contributed by atoms with Crippen LogP contribution >= 0.6 is 11.6 Å². The Bertz CT molecular complexity index is 1170.